The molecule has 1 aliphatic rings. The van der Waals surface area contributed by atoms with Crippen molar-refractivity contribution in [3.05, 3.63) is 58.3 Å². The maximum absolute atomic E-state index is 9.01. The summed E-state index contributed by atoms with van der Waals surface area (Å²) in [5.41, 5.74) is 6.45. The second-order valence-corrected chi connectivity index (χ2v) is 6.53. The molecular weight excluding hydrogens is 286 g/mol. The van der Waals surface area contributed by atoms with Crippen LogP contribution in [0, 0.1) is 0 Å². The first-order valence-electron chi connectivity index (χ1n) is 8.52. The molecule has 1 aromatic heterocycles. The average molecular weight is 311 g/mol. The van der Waals surface area contributed by atoms with Gasteiger partial charge in [0.25, 0.3) is 0 Å². The Kier molecular flexibility index (Phi) is 4.97. The number of aromatic nitrogens is 1. The number of nitrogens with zero attached hydrogens (tertiary/aromatic N) is 1. The number of benzene rings is 1. The summed E-state index contributed by atoms with van der Waals surface area (Å²) in [6, 6.07) is 10.7. The lowest BCUT2D eigenvalue weighted by Crippen LogP contribution is -2.09. The molecule has 0 bridgehead atoms. The highest BCUT2D eigenvalue weighted by molar-refractivity contribution is 5.41. The lowest BCUT2D eigenvalue weighted by Gasteiger charge is -2.14. The quantitative estimate of drug-likeness (QED) is 0.888. The largest absolute Gasteiger partial charge is 0.475 e. The van der Waals surface area contributed by atoms with Crippen molar-refractivity contribution in [1.29, 1.82) is 0 Å². The van der Waals surface area contributed by atoms with Gasteiger partial charge in [0, 0.05) is 18.4 Å². The monoisotopic (exact) mass is 311 g/mol. The molecule has 2 aromatic rings. The number of rotatable bonds is 6. The zero-order valence-electron chi connectivity index (χ0n) is 14.0. The van der Waals surface area contributed by atoms with Crippen molar-refractivity contribution >= 4 is 0 Å². The van der Waals surface area contributed by atoms with Crippen molar-refractivity contribution < 1.29 is 9.84 Å². The molecule has 0 radical (unpaired) electrons. The first-order valence-corrected chi connectivity index (χ1v) is 8.52. The molecule has 0 atom stereocenters. The van der Waals surface area contributed by atoms with Gasteiger partial charge in [-0.3, -0.25) is 0 Å². The number of hydrogen-bond acceptors (Lipinski definition) is 3. The summed E-state index contributed by atoms with van der Waals surface area (Å²) in [4.78, 5) is 4.68. The van der Waals surface area contributed by atoms with Gasteiger partial charge in [-0.1, -0.05) is 24.3 Å². The van der Waals surface area contributed by atoms with E-state index in [2.05, 4.69) is 35.3 Å². The van der Waals surface area contributed by atoms with Crippen molar-refractivity contribution in [3.8, 4) is 5.88 Å². The fraction of sp³-hybridized carbons (Fsp3) is 0.450. The lowest BCUT2D eigenvalue weighted by atomic mass is 9.98. The lowest BCUT2D eigenvalue weighted by molar-refractivity contribution is 0.232. The number of ether oxygens (including phenoxy) is 1. The van der Waals surface area contributed by atoms with Gasteiger partial charge in [0.05, 0.1) is 6.10 Å². The molecule has 3 rings (SSSR count). The second kappa shape index (κ2) is 7.14. The fourth-order valence-electron chi connectivity index (χ4n) is 3.23. The van der Waals surface area contributed by atoms with Gasteiger partial charge < -0.3 is 9.84 Å². The van der Waals surface area contributed by atoms with E-state index in [-0.39, 0.29) is 12.7 Å². The Hall–Kier alpha value is -1.87. The highest BCUT2D eigenvalue weighted by Gasteiger charge is 2.19. The fourth-order valence-corrected chi connectivity index (χ4v) is 3.23. The smallest absolute Gasteiger partial charge is 0.213 e. The third-order valence-corrected chi connectivity index (χ3v) is 4.29. The summed E-state index contributed by atoms with van der Waals surface area (Å²) in [6.45, 7) is 4.27. The van der Waals surface area contributed by atoms with Gasteiger partial charge in [0.15, 0.2) is 0 Å². The van der Waals surface area contributed by atoms with Crippen LogP contribution in [-0.2, 0) is 25.7 Å². The molecular formula is C20H25NO2. The molecule has 1 N–H and O–H groups in total. The van der Waals surface area contributed by atoms with Gasteiger partial charge in [-0.25, -0.2) is 4.98 Å². The minimum absolute atomic E-state index is 0.146. The molecule has 122 valence electrons. The molecule has 0 unspecified atom stereocenters. The van der Waals surface area contributed by atoms with Gasteiger partial charge in [-0.05, 0) is 68.2 Å². The van der Waals surface area contributed by atoms with Crippen molar-refractivity contribution in [3.63, 3.8) is 0 Å². The standard InChI is InChI=1S/C20H25NO2/c1-14(2)23-20-13-17(18-4-3-5-19(18)21-20)12-16-8-6-15(7-9-16)10-11-22/h6-9,13-14,22H,3-5,10-12H2,1-2H3. The Bertz CT molecular complexity index is 662. The minimum Gasteiger partial charge on any atom is -0.475 e. The van der Waals surface area contributed by atoms with Crippen molar-refractivity contribution in [2.75, 3.05) is 6.61 Å². The Labute approximate surface area is 138 Å². The van der Waals surface area contributed by atoms with E-state index in [1.54, 1.807) is 0 Å². The van der Waals surface area contributed by atoms with Gasteiger partial charge in [0.2, 0.25) is 5.88 Å². The number of aryl methyl sites for hydroxylation is 1. The molecule has 23 heavy (non-hydrogen) atoms. The Morgan fingerprint density at radius 1 is 1.13 bits per heavy atom. The van der Waals surface area contributed by atoms with Gasteiger partial charge in [-0.15, -0.1) is 0 Å². The normalized spacial score (nSPS) is 13.4. The van der Waals surface area contributed by atoms with Gasteiger partial charge >= 0.3 is 0 Å². The topological polar surface area (TPSA) is 42.4 Å². The van der Waals surface area contributed by atoms with E-state index >= 15 is 0 Å². The molecule has 1 aliphatic carbocycles. The third-order valence-electron chi connectivity index (χ3n) is 4.29. The van der Waals surface area contributed by atoms with E-state index in [0.717, 1.165) is 31.6 Å². The first-order chi connectivity index (χ1) is 11.2. The Morgan fingerprint density at radius 3 is 2.57 bits per heavy atom. The SMILES string of the molecule is CC(C)Oc1cc(Cc2ccc(CCO)cc2)c2c(n1)CCC2. The molecule has 0 fully saturated rings. The average Bonchev–Trinajstić information content (AvgIpc) is 2.97. The van der Waals surface area contributed by atoms with Crippen molar-refractivity contribution in [2.24, 2.45) is 0 Å². The van der Waals surface area contributed by atoms with E-state index in [0.29, 0.717) is 0 Å². The van der Waals surface area contributed by atoms with Crippen molar-refractivity contribution in [1.82, 2.24) is 4.98 Å². The zero-order chi connectivity index (χ0) is 16.2. The van der Waals surface area contributed by atoms with Crippen LogP contribution in [0.25, 0.3) is 0 Å². The van der Waals surface area contributed by atoms with Crippen LogP contribution < -0.4 is 4.74 Å². The molecule has 0 saturated carbocycles. The summed E-state index contributed by atoms with van der Waals surface area (Å²) < 4.78 is 5.83. The zero-order valence-corrected chi connectivity index (χ0v) is 14.0. The summed E-state index contributed by atoms with van der Waals surface area (Å²) in [5, 5.41) is 9.01. The predicted octanol–water partition coefficient (Wildman–Crippen LogP) is 3.48. The summed E-state index contributed by atoms with van der Waals surface area (Å²) >= 11 is 0. The summed E-state index contributed by atoms with van der Waals surface area (Å²) in [6.07, 6.45) is 5.16. The molecule has 0 spiro atoms. The predicted molar refractivity (Wildman–Crippen MR) is 92.1 cm³/mol. The van der Waals surface area contributed by atoms with Crippen molar-refractivity contribution in [2.45, 2.75) is 52.1 Å². The summed E-state index contributed by atoms with van der Waals surface area (Å²) in [5.74, 6) is 0.757. The van der Waals surface area contributed by atoms with Crippen LogP contribution in [0.1, 0.15) is 48.2 Å². The Morgan fingerprint density at radius 2 is 1.87 bits per heavy atom. The van der Waals surface area contributed by atoms with Crippen LogP contribution in [0.15, 0.2) is 30.3 Å². The maximum atomic E-state index is 9.01. The number of fused-ring (bicyclic) bond motifs is 1. The van der Waals surface area contributed by atoms with Crippen LogP contribution in [0.4, 0.5) is 0 Å². The number of aliphatic hydroxyl groups excluding tert-OH is 1. The van der Waals surface area contributed by atoms with Crippen LogP contribution in [0.3, 0.4) is 0 Å². The molecule has 1 aromatic carbocycles. The molecule has 0 amide bonds. The van der Waals surface area contributed by atoms with E-state index in [1.807, 2.05) is 13.8 Å². The number of hydrogen-bond donors (Lipinski definition) is 1. The maximum Gasteiger partial charge on any atom is 0.213 e. The third kappa shape index (κ3) is 3.91. The van der Waals surface area contributed by atoms with Crippen LogP contribution in [0.5, 0.6) is 5.88 Å². The molecule has 0 saturated heterocycles. The van der Waals surface area contributed by atoms with Gasteiger partial charge in [0.1, 0.15) is 0 Å². The van der Waals surface area contributed by atoms with Crippen LogP contribution in [0.2, 0.25) is 0 Å². The highest BCUT2D eigenvalue weighted by Crippen LogP contribution is 2.29. The van der Waals surface area contributed by atoms with Crippen LogP contribution >= 0.6 is 0 Å². The molecule has 3 nitrogen and oxygen atoms in total. The molecule has 3 heteroatoms. The molecule has 0 aliphatic heterocycles. The second-order valence-electron chi connectivity index (χ2n) is 6.53. The van der Waals surface area contributed by atoms with E-state index in [1.165, 1.54) is 34.4 Å². The minimum atomic E-state index is 0.146. The Balaban J connectivity index is 1.85. The first kappa shape index (κ1) is 16.0. The molecule has 1 heterocycles. The van der Waals surface area contributed by atoms with Crippen LogP contribution in [-0.4, -0.2) is 22.8 Å². The van der Waals surface area contributed by atoms with E-state index < -0.39 is 0 Å². The number of pyridine rings is 1. The van der Waals surface area contributed by atoms with E-state index in [9.17, 15) is 0 Å². The van der Waals surface area contributed by atoms with Gasteiger partial charge in [-0.2, -0.15) is 0 Å². The summed E-state index contributed by atoms with van der Waals surface area (Å²) in [7, 11) is 0. The van der Waals surface area contributed by atoms with E-state index in [4.69, 9.17) is 9.84 Å². The highest BCUT2D eigenvalue weighted by atomic mass is 16.5. The number of aliphatic hydroxyl groups is 1.